The van der Waals surface area contributed by atoms with Gasteiger partial charge in [0.15, 0.2) is 11.5 Å². The summed E-state index contributed by atoms with van der Waals surface area (Å²) < 4.78 is 24.1. The van der Waals surface area contributed by atoms with Crippen LogP contribution in [0, 0.1) is 5.82 Å². The normalized spacial score (nSPS) is 14.8. The van der Waals surface area contributed by atoms with E-state index >= 15 is 0 Å². The molecule has 2 aromatic rings. The Morgan fingerprint density at radius 2 is 2.00 bits per heavy atom. The van der Waals surface area contributed by atoms with E-state index in [4.69, 9.17) is 21.1 Å². The Kier molecular flexibility index (Phi) is 3.99. The minimum Gasteiger partial charge on any atom is -0.486 e. The summed E-state index contributed by atoms with van der Waals surface area (Å²) >= 11 is 6.00. The van der Waals surface area contributed by atoms with E-state index < -0.39 is 11.9 Å². The lowest BCUT2D eigenvalue weighted by molar-refractivity contribution is 0.146. The van der Waals surface area contributed by atoms with Gasteiger partial charge in [0.2, 0.25) is 0 Å². The predicted molar refractivity (Wildman–Crippen MR) is 77.5 cm³/mol. The van der Waals surface area contributed by atoms with Crippen LogP contribution >= 0.6 is 11.6 Å². The van der Waals surface area contributed by atoms with Crippen LogP contribution < -0.4 is 9.47 Å². The second-order valence-corrected chi connectivity index (χ2v) is 5.23. The van der Waals surface area contributed by atoms with Crippen LogP contribution in [0.25, 0.3) is 0 Å². The van der Waals surface area contributed by atoms with Gasteiger partial charge in [0, 0.05) is 17.0 Å². The topological polar surface area (TPSA) is 38.7 Å². The molecule has 0 aliphatic carbocycles. The molecular weight excluding hydrogens is 295 g/mol. The Bertz CT molecular complexity index is 660. The first-order chi connectivity index (χ1) is 10.1. The van der Waals surface area contributed by atoms with Crippen LogP contribution in [-0.2, 0) is 6.42 Å². The van der Waals surface area contributed by atoms with Crippen LogP contribution in [0.4, 0.5) is 4.39 Å². The number of ether oxygens (including phenoxy) is 2. The fraction of sp³-hybridized carbons (Fsp3) is 0.250. The van der Waals surface area contributed by atoms with Crippen molar-refractivity contribution >= 4 is 11.6 Å². The average Bonchev–Trinajstić information content (AvgIpc) is 2.49. The number of fused-ring (bicyclic) bond motifs is 1. The van der Waals surface area contributed by atoms with Crippen molar-refractivity contribution in [3.8, 4) is 11.5 Å². The van der Waals surface area contributed by atoms with Crippen molar-refractivity contribution in [2.24, 2.45) is 0 Å². The zero-order valence-electron chi connectivity index (χ0n) is 11.2. The van der Waals surface area contributed by atoms with Crippen molar-refractivity contribution in [3.63, 3.8) is 0 Å². The number of aliphatic hydroxyl groups excluding tert-OH is 1. The van der Waals surface area contributed by atoms with Crippen LogP contribution in [0.2, 0.25) is 5.02 Å². The number of para-hydroxylation sites is 1. The van der Waals surface area contributed by atoms with E-state index in [2.05, 4.69) is 0 Å². The minimum atomic E-state index is -0.801. The van der Waals surface area contributed by atoms with Gasteiger partial charge in [0.1, 0.15) is 19.0 Å². The highest BCUT2D eigenvalue weighted by molar-refractivity contribution is 6.31. The quantitative estimate of drug-likeness (QED) is 0.943. The first-order valence-electron chi connectivity index (χ1n) is 6.65. The van der Waals surface area contributed by atoms with Crippen LogP contribution in [0.3, 0.4) is 0 Å². The molecule has 1 unspecified atom stereocenters. The van der Waals surface area contributed by atoms with Crippen molar-refractivity contribution in [1.29, 1.82) is 0 Å². The largest absolute Gasteiger partial charge is 0.486 e. The molecule has 0 bridgehead atoms. The summed E-state index contributed by atoms with van der Waals surface area (Å²) in [4.78, 5) is 0. The van der Waals surface area contributed by atoms with E-state index in [9.17, 15) is 9.50 Å². The first kappa shape index (κ1) is 14.2. The molecule has 0 fully saturated rings. The van der Waals surface area contributed by atoms with E-state index in [1.54, 1.807) is 24.3 Å². The minimum absolute atomic E-state index is 0.277. The van der Waals surface area contributed by atoms with Crippen molar-refractivity contribution in [2.75, 3.05) is 13.2 Å². The highest BCUT2D eigenvalue weighted by Crippen LogP contribution is 2.38. The van der Waals surface area contributed by atoms with Gasteiger partial charge in [0.05, 0.1) is 6.10 Å². The molecular formula is C16H14ClFO3. The molecule has 0 saturated carbocycles. The van der Waals surface area contributed by atoms with Gasteiger partial charge in [-0.2, -0.15) is 0 Å². The second kappa shape index (κ2) is 5.92. The number of benzene rings is 2. The fourth-order valence-electron chi connectivity index (χ4n) is 2.36. The molecule has 110 valence electrons. The summed E-state index contributed by atoms with van der Waals surface area (Å²) in [5.41, 5.74) is 1.33. The lowest BCUT2D eigenvalue weighted by atomic mass is 10.00. The Hall–Kier alpha value is -1.78. The Morgan fingerprint density at radius 3 is 2.81 bits per heavy atom. The summed E-state index contributed by atoms with van der Waals surface area (Å²) in [6.45, 7) is 0.949. The van der Waals surface area contributed by atoms with Crippen molar-refractivity contribution in [1.82, 2.24) is 0 Å². The molecule has 2 aromatic carbocycles. The van der Waals surface area contributed by atoms with Gasteiger partial charge < -0.3 is 14.6 Å². The summed E-state index contributed by atoms with van der Waals surface area (Å²) in [7, 11) is 0. The molecule has 1 aliphatic heterocycles. The maximum atomic E-state index is 13.0. The summed E-state index contributed by atoms with van der Waals surface area (Å²) in [5, 5.41) is 10.7. The second-order valence-electron chi connectivity index (χ2n) is 4.83. The van der Waals surface area contributed by atoms with Crippen LogP contribution in [0.1, 0.15) is 17.2 Å². The number of aliphatic hydroxyl groups is 1. The van der Waals surface area contributed by atoms with Crippen LogP contribution in [0.15, 0.2) is 36.4 Å². The molecule has 1 aliphatic rings. The van der Waals surface area contributed by atoms with Crippen molar-refractivity contribution in [2.45, 2.75) is 12.5 Å². The van der Waals surface area contributed by atoms with Gasteiger partial charge in [-0.15, -0.1) is 0 Å². The lowest BCUT2D eigenvalue weighted by Gasteiger charge is -2.23. The Labute approximate surface area is 126 Å². The maximum absolute atomic E-state index is 13.0. The lowest BCUT2D eigenvalue weighted by Crippen LogP contribution is -2.17. The van der Waals surface area contributed by atoms with Gasteiger partial charge in [-0.3, -0.25) is 0 Å². The molecule has 1 heterocycles. The van der Waals surface area contributed by atoms with E-state index in [1.165, 1.54) is 12.1 Å². The Balaban J connectivity index is 1.87. The van der Waals surface area contributed by atoms with E-state index in [0.717, 1.165) is 0 Å². The molecule has 0 saturated heterocycles. The van der Waals surface area contributed by atoms with E-state index in [-0.39, 0.29) is 6.42 Å². The monoisotopic (exact) mass is 308 g/mol. The predicted octanol–water partition coefficient (Wildman–Crippen LogP) is 3.53. The molecule has 0 radical (unpaired) electrons. The molecule has 1 atom stereocenters. The van der Waals surface area contributed by atoms with E-state index in [0.29, 0.717) is 40.9 Å². The Morgan fingerprint density at radius 1 is 1.19 bits per heavy atom. The fourth-order valence-corrected chi connectivity index (χ4v) is 2.61. The third-order valence-electron chi connectivity index (χ3n) is 3.38. The third-order valence-corrected chi connectivity index (χ3v) is 3.74. The number of hydrogen-bond donors (Lipinski definition) is 1. The molecule has 0 aromatic heterocycles. The highest BCUT2D eigenvalue weighted by Gasteiger charge is 2.21. The van der Waals surface area contributed by atoms with Crippen molar-refractivity contribution < 1.29 is 19.0 Å². The van der Waals surface area contributed by atoms with Gasteiger partial charge >= 0.3 is 0 Å². The standard InChI is InChI=1S/C16H14ClFO3/c17-13-9-11(18)5-4-10(13)8-14(19)12-2-1-3-15-16(12)21-7-6-20-15/h1-5,9,14,19H,6-8H2. The summed E-state index contributed by atoms with van der Waals surface area (Å²) in [6, 6.07) is 9.54. The zero-order chi connectivity index (χ0) is 14.8. The van der Waals surface area contributed by atoms with Gasteiger partial charge in [-0.1, -0.05) is 29.8 Å². The molecule has 5 heteroatoms. The molecule has 0 spiro atoms. The van der Waals surface area contributed by atoms with Crippen molar-refractivity contribution in [3.05, 3.63) is 58.4 Å². The van der Waals surface area contributed by atoms with Crippen LogP contribution in [-0.4, -0.2) is 18.3 Å². The summed E-state index contributed by atoms with van der Waals surface area (Å²) in [5.74, 6) is 0.796. The highest BCUT2D eigenvalue weighted by atomic mass is 35.5. The number of halogens is 2. The first-order valence-corrected chi connectivity index (χ1v) is 7.03. The SMILES string of the molecule is OC(Cc1ccc(F)cc1Cl)c1cccc2c1OCCO2. The smallest absolute Gasteiger partial charge is 0.167 e. The molecule has 3 nitrogen and oxygen atoms in total. The number of rotatable bonds is 3. The maximum Gasteiger partial charge on any atom is 0.167 e. The molecule has 21 heavy (non-hydrogen) atoms. The average molecular weight is 309 g/mol. The van der Waals surface area contributed by atoms with Crippen LogP contribution in [0.5, 0.6) is 11.5 Å². The molecule has 0 amide bonds. The van der Waals surface area contributed by atoms with Gasteiger partial charge in [-0.05, 0) is 23.8 Å². The molecule has 3 rings (SSSR count). The number of hydrogen-bond acceptors (Lipinski definition) is 3. The van der Waals surface area contributed by atoms with E-state index in [1.807, 2.05) is 0 Å². The molecule has 1 N–H and O–H groups in total. The third kappa shape index (κ3) is 2.96. The summed E-state index contributed by atoms with van der Waals surface area (Å²) in [6.07, 6.45) is -0.525. The zero-order valence-corrected chi connectivity index (χ0v) is 11.9. The van der Waals surface area contributed by atoms with Gasteiger partial charge in [0.25, 0.3) is 0 Å². The van der Waals surface area contributed by atoms with Gasteiger partial charge in [-0.25, -0.2) is 4.39 Å².